The Morgan fingerprint density at radius 1 is 0.650 bits per heavy atom. The molecule has 2 saturated carbocycles. The van der Waals surface area contributed by atoms with Crippen LogP contribution in [-0.2, 0) is 0 Å². The summed E-state index contributed by atoms with van der Waals surface area (Å²) in [5.41, 5.74) is 0. The third-order valence-corrected chi connectivity index (χ3v) is 5.50. The van der Waals surface area contributed by atoms with Gasteiger partial charge in [0.15, 0.2) is 0 Å². The van der Waals surface area contributed by atoms with Crippen molar-refractivity contribution in [2.24, 2.45) is 11.8 Å². The molecule has 0 aromatic rings. The lowest BCUT2D eigenvalue weighted by Gasteiger charge is -2.22. The lowest BCUT2D eigenvalue weighted by molar-refractivity contribution is 0.307. The van der Waals surface area contributed by atoms with Crippen molar-refractivity contribution in [2.45, 2.75) is 91.4 Å². The maximum absolute atomic E-state index is 2.49. The van der Waals surface area contributed by atoms with Crippen LogP contribution in [0.15, 0.2) is 0 Å². The molecule has 1 nitrogen and oxygen atoms in total. The number of hydrogen-bond acceptors (Lipinski definition) is 1. The van der Waals surface area contributed by atoms with Crippen molar-refractivity contribution in [1.82, 2.24) is 4.90 Å². The molecule has 0 atom stereocenters. The fraction of sp³-hybridized carbons (Fsp3) is 1.00. The molecule has 1 heterocycles. The number of likely N-dealkylation sites (tertiary alicyclic amines) is 1. The molecule has 0 radical (unpaired) electrons. The van der Waals surface area contributed by atoms with E-state index in [1.807, 2.05) is 0 Å². The summed E-state index contributed by atoms with van der Waals surface area (Å²) in [6.45, 7) is 10.7. The maximum Gasteiger partial charge on any atom is -0.00184 e. The van der Waals surface area contributed by atoms with Crippen LogP contribution in [0.25, 0.3) is 0 Å². The summed E-state index contributed by atoms with van der Waals surface area (Å²) in [4.78, 5) is 2.49. The van der Waals surface area contributed by atoms with Crippen molar-refractivity contribution in [3.05, 3.63) is 0 Å². The Labute approximate surface area is 128 Å². The van der Waals surface area contributed by atoms with E-state index in [1.165, 1.54) is 90.3 Å². The summed E-state index contributed by atoms with van der Waals surface area (Å²) in [6, 6.07) is 0. The monoisotopic (exact) mass is 281 g/mol. The van der Waals surface area contributed by atoms with E-state index in [-0.39, 0.29) is 0 Å². The van der Waals surface area contributed by atoms with E-state index < -0.39 is 0 Å². The molecule has 120 valence electrons. The van der Waals surface area contributed by atoms with Gasteiger partial charge < -0.3 is 4.90 Å². The molecule has 1 aliphatic heterocycles. The minimum absolute atomic E-state index is 1.10. The van der Waals surface area contributed by atoms with Crippen LogP contribution in [0, 0.1) is 11.8 Å². The Hall–Kier alpha value is -0.0400. The second-order valence-corrected chi connectivity index (χ2v) is 6.91. The van der Waals surface area contributed by atoms with Crippen LogP contribution in [0.3, 0.4) is 0 Å². The van der Waals surface area contributed by atoms with E-state index in [0.29, 0.717) is 0 Å². The molecule has 0 aromatic heterocycles. The first-order chi connectivity index (χ1) is 9.80. The highest BCUT2D eigenvalue weighted by atomic mass is 15.1. The Balaban J connectivity index is 0.000000151. The quantitative estimate of drug-likeness (QED) is 0.624. The lowest BCUT2D eigenvalue weighted by atomic mass is 9.84. The Morgan fingerprint density at radius 2 is 1.10 bits per heavy atom. The van der Waals surface area contributed by atoms with Crippen LogP contribution < -0.4 is 0 Å². The molecule has 3 fully saturated rings. The van der Waals surface area contributed by atoms with Gasteiger partial charge in [-0.25, -0.2) is 0 Å². The molecule has 2 aliphatic carbocycles. The zero-order chi connectivity index (χ0) is 14.6. The summed E-state index contributed by atoms with van der Waals surface area (Å²) >= 11 is 0. The van der Waals surface area contributed by atoms with Gasteiger partial charge in [-0.3, -0.25) is 0 Å². The highest BCUT2D eigenvalue weighted by Crippen LogP contribution is 2.28. The predicted octanol–water partition coefficient (Wildman–Crippen LogP) is 5.89. The largest absolute Gasteiger partial charge is 0.304 e. The number of hydrogen-bond donors (Lipinski definition) is 0. The molecule has 0 unspecified atom stereocenters. The van der Waals surface area contributed by atoms with E-state index in [1.54, 1.807) is 0 Å². The average molecular weight is 282 g/mol. The van der Waals surface area contributed by atoms with Crippen LogP contribution in [0.4, 0.5) is 0 Å². The Kier molecular flexibility index (Phi) is 10.4. The maximum atomic E-state index is 2.49. The van der Waals surface area contributed by atoms with Crippen LogP contribution in [0.5, 0.6) is 0 Å². The summed E-state index contributed by atoms with van der Waals surface area (Å²) in [7, 11) is 0. The Bertz CT molecular complexity index is 179. The van der Waals surface area contributed by atoms with E-state index in [2.05, 4.69) is 25.7 Å². The molecule has 0 amide bonds. The predicted molar refractivity (Wildman–Crippen MR) is 91.2 cm³/mol. The molecule has 0 bridgehead atoms. The standard InChI is InChI=1S/C7H14.C6H13N.C6H12/c2*1-2-7-5-3-4-6-7;1-2-6-4-3-5-6/h7H,2-6H2,1H3;2-6H2,1H3;6H,2-5H2,1H3. The second kappa shape index (κ2) is 11.6. The van der Waals surface area contributed by atoms with Crippen molar-refractivity contribution < 1.29 is 0 Å². The van der Waals surface area contributed by atoms with Gasteiger partial charge in [0.05, 0.1) is 0 Å². The van der Waals surface area contributed by atoms with Crippen LogP contribution in [0.1, 0.15) is 91.4 Å². The Morgan fingerprint density at radius 3 is 1.30 bits per heavy atom. The first kappa shape index (κ1) is 18.0. The van der Waals surface area contributed by atoms with Crippen LogP contribution >= 0.6 is 0 Å². The second-order valence-electron chi connectivity index (χ2n) is 6.91. The number of nitrogens with zero attached hydrogens (tertiary/aromatic N) is 1. The molecule has 3 aliphatic rings. The van der Waals surface area contributed by atoms with Crippen molar-refractivity contribution >= 4 is 0 Å². The van der Waals surface area contributed by atoms with Gasteiger partial charge in [0.2, 0.25) is 0 Å². The lowest BCUT2D eigenvalue weighted by Crippen LogP contribution is -2.17. The fourth-order valence-corrected chi connectivity index (χ4v) is 3.42. The summed E-state index contributed by atoms with van der Waals surface area (Å²) in [6.07, 6.45) is 16.2. The number of rotatable bonds is 3. The van der Waals surface area contributed by atoms with E-state index in [0.717, 1.165) is 11.8 Å². The van der Waals surface area contributed by atoms with E-state index in [9.17, 15) is 0 Å². The highest BCUT2D eigenvalue weighted by Gasteiger charge is 2.13. The van der Waals surface area contributed by atoms with Crippen molar-refractivity contribution in [1.29, 1.82) is 0 Å². The van der Waals surface area contributed by atoms with Gasteiger partial charge in [0.1, 0.15) is 0 Å². The minimum atomic E-state index is 1.10. The van der Waals surface area contributed by atoms with Gasteiger partial charge in [-0.15, -0.1) is 0 Å². The zero-order valence-corrected chi connectivity index (χ0v) is 14.5. The van der Waals surface area contributed by atoms with Gasteiger partial charge in [-0.05, 0) is 44.3 Å². The smallest absolute Gasteiger partial charge is 0.00184 e. The molecule has 0 N–H and O–H groups in total. The van der Waals surface area contributed by atoms with E-state index in [4.69, 9.17) is 0 Å². The van der Waals surface area contributed by atoms with Gasteiger partial charge in [0, 0.05) is 0 Å². The molecular weight excluding hydrogens is 242 g/mol. The molecule has 20 heavy (non-hydrogen) atoms. The summed E-state index contributed by atoms with van der Waals surface area (Å²) in [5.74, 6) is 2.21. The van der Waals surface area contributed by atoms with Gasteiger partial charge >= 0.3 is 0 Å². The van der Waals surface area contributed by atoms with E-state index >= 15 is 0 Å². The van der Waals surface area contributed by atoms with Gasteiger partial charge in [-0.1, -0.05) is 78.6 Å². The van der Waals surface area contributed by atoms with Crippen LogP contribution in [-0.4, -0.2) is 24.5 Å². The van der Waals surface area contributed by atoms with Gasteiger partial charge in [0.25, 0.3) is 0 Å². The van der Waals surface area contributed by atoms with Crippen molar-refractivity contribution in [2.75, 3.05) is 19.6 Å². The SMILES string of the molecule is CCC1CCC1.CCC1CCCC1.CCN1CCCC1. The third-order valence-electron chi connectivity index (χ3n) is 5.50. The van der Waals surface area contributed by atoms with Crippen LogP contribution in [0.2, 0.25) is 0 Å². The zero-order valence-electron chi connectivity index (χ0n) is 14.5. The van der Waals surface area contributed by atoms with Crippen molar-refractivity contribution in [3.63, 3.8) is 0 Å². The molecule has 0 aromatic carbocycles. The minimum Gasteiger partial charge on any atom is -0.304 e. The third kappa shape index (κ3) is 7.67. The van der Waals surface area contributed by atoms with Gasteiger partial charge in [-0.2, -0.15) is 0 Å². The molecule has 1 heteroatoms. The summed E-state index contributed by atoms with van der Waals surface area (Å²) < 4.78 is 0. The summed E-state index contributed by atoms with van der Waals surface area (Å²) in [5, 5.41) is 0. The molecular formula is C19H39N. The molecule has 3 rings (SSSR count). The fourth-order valence-electron chi connectivity index (χ4n) is 3.42. The highest BCUT2D eigenvalue weighted by molar-refractivity contribution is 4.66. The van der Waals surface area contributed by atoms with Crippen molar-refractivity contribution in [3.8, 4) is 0 Å². The average Bonchev–Trinajstić information content (AvgIpc) is 3.12. The molecule has 1 saturated heterocycles. The normalized spacial score (nSPS) is 23.6. The molecule has 0 spiro atoms. The first-order valence-corrected chi connectivity index (χ1v) is 9.52. The topological polar surface area (TPSA) is 3.24 Å². The first-order valence-electron chi connectivity index (χ1n) is 9.52.